The van der Waals surface area contributed by atoms with Crippen LogP contribution in [0.1, 0.15) is 19.3 Å². The molecule has 2 fully saturated rings. The first kappa shape index (κ1) is 16.9. The molecule has 1 unspecified atom stereocenters. The largest absolute Gasteiger partial charge is 0.244 e. The number of rotatable bonds is 4. The fourth-order valence-electron chi connectivity index (χ4n) is 2.79. The molecule has 0 N–H and O–H groups in total. The molecule has 0 bridgehead atoms. The number of hydrogen-bond acceptors (Lipinski definition) is 4. The molecule has 22 heavy (non-hydrogen) atoms. The third-order valence-corrected chi connectivity index (χ3v) is 9.15. The van der Waals surface area contributed by atoms with Crippen LogP contribution in [0.3, 0.4) is 0 Å². The van der Waals surface area contributed by atoms with Gasteiger partial charge in [-0.2, -0.15) is 4.31 Å². The molecule has 0 amide bonds. The van der Waals surface area contributed by atoms with Gasteiger partial charge in [-0.1, -0.05) is 15.9 Å². The van der Waals surface area contributed by atoms with Gasteiger partial charge in [0.2, 0.25) is 10.0 Å². The van der Waals surface area contributed by atoms with Crippen molar-refractivity contribution in [2.45, 2.75) is 36.2 Å². The van der Waals surface area contributed by atoms with Crippen molar-refractivity contribution in [2.75, 3.05) is 11.5 Å². The third kappa shape index (κ3) is 3.28. The second kappa shape index (κ2) is 5.84. The molecule has 1 aliphatic heterocycles. The molecular formula is C13H15Br2NO4S2. The fourth-order valence-corrected chi connectivity index (χ4v) is 8.21. The van der Waals surface area contributed by atoms with Gasteiger partial charge in [0, 0.05) is 21.0 Å². The zero-order chi connectivity index (χ0) is 16.1. The van der Waals surface area contributed by atoms with Crippen molar-refractivity contribution in [3.8, 4) is 0 Å². The van der Waals surface area contributed by atoms with Gasteiger partial charge in [-0.3, -0.25) is 0 Å². The summed E-state index contributed by atoms with van der Waals surface area (Å²) in [6.07, 6.45) is 1.97. The van der Waals surface area contributed by atoms with E-state index in [0.29, 0.717) is 10.9 Å². The van der Waals surface area contributed by atoms with Gasteiger partial charge in [0.25, 0.3) is 0 Å². The van der Waals surface area contributed by atoms with E-state index in [-0.39, 0.29) is 22.4 Å². The predicted molar refractivity (Wildman–Crippen MR) is 90.9 cm³/mol. The fraction of sp³-hybridized carbons (Fsp3) is 0.538. The lowest BCUT2D eigenvalue weighted by molar-refractivity contribution is 0.332. The number of hydrogen-bond donors (Lipinski definition) is 0. The Balaban J connectivity index is 2.01. The minimum atomic E-state index is -3.72. The molecule has 2 aliphatic rings. The summed E-state index contributed by atoms with van der Waals surface area (Å²) in [6.45, 7) is 0. The Morgan fingerprint density at radius 3 is 2.27 bits per heavy atom. The molecule has 122 valence electrons. The van der Waals surface area contributed by atoms with Crippen LogP contribution in [0.5, 0.6) is 0 Å². The smallest absolute Gasteiger partial charge is 0.229 e. The van der Waals surface area contributed by atoms with Crippen molar-refractivity contribution in [3.05, 3.63) is 27.1 Å². The Morgan fingerprint density at radius 2 is 1.77 bits per heavy atom. The van der Waals surface area contributed by atoms with Gasteiger partial charge >= 0.3 is 0 Å². The lowest BCUT2D eigenvalue weighted by Gasteiger charge is -2.27. The van der Waals surface area contributed by atoms with E-state index in [0.717, 1.165) is 17.3 Å². The highest BCUT2D eigenvalue weighted by Crippen LogP contribution is 2.38. The molecule has 1 aliphatic carbocycles. The van der Waals surface area contributed by atoms with Crippen LogP contribution in [-0.2, 0) is 19.9 Å². The number of sulfonamides is 1. The van der Waals surface area contributed by atoms with E-state index in [1.807, 2.05) is 0 Å². The summed E-state index contributed by atoms with van der Waals surface area (Å²) in [5.41, 5.74) is 0. The number of nitrogens with zero attached hydrogens (tertiary/aromatic N) is 1. The van der Waals surface area contributed by atoms with Crippen LogP contribution in [0.15, 0.2) is 32.0 Å². The maximum Gasteiger partial charge on any atom is 0.244 e. The van der Waals surface area contributed by atoms with Crippen LogP contribution >= 0.6 is 31.9 Å². The molecular weight excluding hydrogens is 458 g/mol. The Bertz CT molecular complexity index is 803. The topological polar surface area (TPSA) is 71.5 Å². The molecule has 3 rings (SSSR count). The first-order valence-electron chi connectivity index (χ1n) is 6.90. The lowest BCUT2D eigenvalue weighted by atomic mass is 10.2. The number of sulfone groups is 1. The van der Waals surface area contributed by atoms with Crippen LogP contribution in [0.25, 0.3) is 0 Å². The number of benzene rings is 1. The van der Waals surface area contributed by atoms with Crippen molar-refractivity contribution in [3.63, 3.8) is 0 Å². The minimum absolute atomic E-state index is 0.0674. The summed E-state index contributed by atoms with van der Waals surface area (Å²) in [5.74, 6) is -0.00517. The zero-order valence-electron chi connectivity index (χ0n) is 11.6. The normalized spacial score (nSPS) is 24.8. The monoisotopic (exact) mass is 471 g/mol. The average Bonchev–Trinajstić information content (AvgIpc) is 3.13. The summed E-state index contributed by atoms with van der Waals surface area (Å²) in [6, 6.07) is 4.39. The van der Waals surface area contributed by atoms with E-state index in [1.165, 1.54) is 4.31 Å². The van der Waals surface area contributed by atoms with Crippen LogP contribution < -0.4 is 0 Å². The molecule has 1 atom stereocenters. The van der Waals surface area contributed by atoms with E-state index in [1.54, 1.807) is 18.2 Å². The van der Waals surface area contributed by atoms with Gasteiger partial charge in [0.1, 0.15) is 0 Å². The maximum absolute atomic E-state index is 13.0. The van der Waals surface area contributed by atoms with Crippen molar-refractivity contribution in [1.82, 2.24) is 4.31 Å². The molecule has 9 heteroatoms. The zero-order valence-corrected chi connectivity index (χ0v) is 16.4. The number of halogens is 2. The third-order valence-electron chi connectivity index (χ3n) is 3.92. The predicted octanol–water partition coefficient (Wildman–Crippen LogP) is 2.55. The van der Waals surface area contributed by atoms with Gasteiger partial charge in [0.05, 0.1) is 16.4 Å². The highest BCUT2D eigenvalue weighted by molar-refractivity contribution is 9.11. The summed E-state index contributed by atoms with van der Waals surface area (Å²) < 4.78 is 52.2. The summed E-state index contributed by atoms with van der Waals surface area (Å²) >= 11 is 6.60. The highest BCUT2D eigenvalue weighted by atomic mass is 79.9. The van der Waals surface area contributed by atoms with E-state index in [2.05, 4.69) is 31.9 Å². The van der Waals surface area contributed by atoms with Gasteiger partial charge in [-0.25, -0.2) is 16.8 Å². The molecule has 1 aromatic rings. The van der Waals surface area contributed by atoms with Crippen LogP contribution in [0, 0.1) is 0 Å². The SMILES string of the molecule is O=S1(=O)CCC(N(C2CC2)S(=O)(=O)c2ccc(Br)cc2Br)C1. The molecule has 1 saturated heterocycles. The molecule has 1 aromatic carbocycles. The Labute approximate surface area is 147 Å². The molecule has 1 heterocycles. The molecule has 5 nitrogen and oxygen atoms in total. The van der Waals surface area contributed by atoms with Crippen molar-refractivity contribution in [2.24, 2.45) is 0 Å². The molecule has 0 radical (unpaired) electrons. The van der Waals surface area contributed by atoms with E-state index in [9.17, 15) is 16.8 Å². The summed E-state index contributed by atoms with van der Waals surface area (Å²) in [7, 11) is -6.85. The summed E-state index contributed by atoms with van der Waals surface area (Å²) in [5, 5.41) is 0. The summed E-state index contributed by atoms with van der Waals surface area (Å²) in [4.78, 5) is 0.187. The van der Waals surface area contributed by atoms with Gasteiger partial charge in [-0.15, -0.1) is 0 Å². The Hall–Kier alpha value is 0.0400. The lowest BCUT2D eigenvalue weighted by Crippen LogP contribution is -2.42. The first-order valence-corrected chi connectivity index (χ1v) is 11.7. The van der Waals surface area contributed by atoms with Gasteiger partial charge in [-0.05, 0) is 53.4 Å². The van der Waals surface area contributed by atoms with Gasteiger partial charge < -0.3 is 0 Å². The van der Waals surface area contributed by atoms with Crippen LogP contribution in [0.4, 0.5) is 0 Å². The minimum Gasteiger partial charge on any atom is -0.229 e. The standard InChI is InChI=1S/C13H15Br2NO4S2/c14-9-1-4-13(12(15)7-9)22(19,20)16(10-2-3-10)11-5-6-21(17,18)8-11/h1,4,7,10-11H,2-3,5-6,8H2. The van der Waals surface area contributed by atoms with Crippen molar-refractivity contribution < 1.29 is 16.8 Å². The van der Waals surface area contributed by atoms with Crippen LogP contribution in [0.2, 0.25) is 0 Å². The van der Waals surface area contributed by atoms with E-state index >= 15 is 0 Å². The molecule has 0 aromatic heterocycles. The second-order valence-electron chi connectivity index (χ2n) is 5.70. The van der Waals surface area contributed by atoms with E-state index in [4.69, 9.17) is 0 Å². The average molecular weight is 473 g/mol. The molecule has 1 saturated carbocycles. The first-order chi connectivity index (χ1) is 10.2. The molecule has 0 spiro atoms. The highest BCUT2D eigenvalue weighted by Gasteiger charge is 2.46. The maximum atomic E-state index is 13.0. The second-order valence-corrected chi connectivity index (χ2v) is 11.5. The van der Waals surface area contributed by atoms with E-state index < -0.39 is 25.9 Å². The van der Waals surface area contributed by atoms with Gasteiger partial charge in [0.15, 0.2) is 9.84 Å². The quantitative estimate of drug-likeness (QED) is 0.675. The Kier molecular flexibility index (Phi) is 4.48. The van der Waals surface area contributed by atoms with Crippen molar-refractivity contribution in [1.29, 1.82) is 0 Å². The van der Waals surface area contributed by atoms with Crippen molar-refractivity contribution >= 4 is 51.7 Å². The Morgan fingerprint density at radius 1 is 1.09 bits per heavy atom. The van der Waals surface area contributed by atoms with Crippen LogP contribution in [-0.4, -0.2) is 44.7 Å².